The summed E-state index contributed by atoms with van der Waals surface area (Å²) < 4.78 is 1.77. The van der Waals surface area contributed by atoms with Crippen LogP contribution in [-0.4, -0.2) is 28.1 Å². The Morgan fingerprint density at radius 3 is 2.38 bits per heavy atom. The van der Waals surface area contributed by atoms with Crippen molar-refractivity contribution >= 4 is 17.6 Å². The Morgan fingerprint density at radius 2 is 1.85 bits per heavy atom. The number of aromatic nitrogens is 2. The normalized spacial score (nSPS) is 24.5. The average Bonchev–Trinajstić information content (AvgIpc) is 3.02. The van der Waals surface area contributed by atoms with Crippen molar-refractivity contribution in [1.82, 2.24) is 15.1 Å². The van der Waals surface area contributed by atoms with Gasteiger partial charge in [-0.15, -0.1) is 0 Å². The summed E-state index contributed by atoms with van der Waals surface area (Å²) in [4.78, 5) is 25.8. The van der Waals surface area contributed by atoms with Crippen LogP contribution < -0.4 is 10.6 Å². The third-order valence-corrected chi connectivity index (χ3v) is 6.54. The van der Waals surface area contributed by atoms with Gasteiger partial charge in [0.25, 0.3) is 0 Å². The van der Waals surface area contributed by atoms with Gasteiger partial charge in [-0.2, -0.15) is 5.10 Å². The van der Waals surface area contributed by atoms with E-state index in [1.54, 1.807) is 4.68 Å². The van der Waals surface area contributed by atoms with E-state index in [1.165, 1.54) is 0 Å². The molecule has 1 aromatic heterocycles. The van der Waals surface area contributed by atoms with E-state index >= 15 is 0 Å². The van der Waals surface area contributed by atoms with Gasteiger partial charge < -0.3 is 10.6 Å². The SMILES string of the molecule is CCNC(=O)[C@H]1CC[C@@](C)(C(=O)Nc2c(CC)c(CC)nn2C)C1(C)C. The monoisotopic (exact) mass is 362 g/mol. The Labute approximate surface area is 157 Å². The molecule has 0 radical (unpaired) electrons. The second kappa shape index (κ2) is 7.41. The van der Waals surface area contributed by atoms with Crippen molar-refractivity contribution in [3.63, 3.8) is 0 Å². The molecule has 26 heavy (non-hydrogen) atoms. The Morgan fingerprint density at radius 1 is 1.19 bits per heavy atom. The molecular weight excluding hydrogens is 328 g/mol. The topological polar surface area (TPSA) is 76.0 Å². The number of amides is 2. The van der Waals surface area contributed by atoms with Crippen molar-refractivity contribution in [3.05, 3.63) is 11.3 Å². The molecule has 0 aliphatic heterocycles. The number of carbonyl (C=O) groups is 2. The first-order chi connectivity index (χ1) is 12.1. The van der Waals surface area contributed by atoms with Crippen molar-refractivity contribution in [2.45, 2.75) is 67.2 Å². The molecule has 6 nitrogen and oxygen atoms in total. The molecule has 0 aromatic carbocycles. The van der Waals surface area contributed by atoms with Gasteiger partial charge in [-0.3, -0.25) is 14.3 Å². The molecule has 1 fully saturated rings. The smallest absolute Gasteiger partial charge is 0.232 e. The van der Waals surface area contributed by atoms with Gasteiger partial charge in [-0.05, 0) is 38.0 Å². The number of anilines is 1. The summed E-state index contributed by atoms with van der Waals surface area (Å²) in [7, 11) is 1.87. The van der Waals surface area contributed by atoms with Crippen LogP contribution in [0.3, 0.4) is 0 Å². The summed E-state index contributed by atoms with van der Waals surface area (Å²) >= 11 is 0. The molecule has 1 aliphatic rings. The molecule has 0 bridgehead atoms. The molecular formula is C20H34N4O2. The highest BCUT2D eigenvalue weighted by atomic mass is 16.2. The van der Waals surface area contributed by atoms with Gasteiger partial charge in [-0.1, -0.05) is 34.6 Å². The standard InChI is InChI=1S/C20H34N4O2/c1-8-13-15(9-2)23-24(7)16(13)22-18(26)20(6)12-11-14(19(20,4)5)17(25)21-10-3/h14H,8-12H2,1-7H3,(H,21,25)(H,22,26)/t14-,20+/m1/s1. The van der Waals surface area contributed by atoms with Gasteiger partial charge in [0.15, 0.2) is 0 Å². The number of carbonyl (C=O) groups excluding carboxylic acids is 2. The van der Waals surface area contributed by atoms with E-state index in [1.807, 2.05) is 34.7 Å². The third kappa shape index (κ3) is 3.14. The maximum absolute atomic E-state index is 13.3. The van der Waals surface area contributed by atoms with Crippen molar-refractivity contribution in [2.24, 2.45) is 23.8 Å². The molecule has 2 atom stereocenters. The summed E-state index contributed by atoms with van der Waals surface area (Å²) in [5.41, 5.74) is 1.10. The van der Waals surface area contributed by atoms with E-state index in [4.69, 9.17) is 0 Å². The van der Waals surface area contributed by atoms with Crippen molar-refractivity contribution in [2.75, 3.05) is 11.9 Å². The molecule has 1 saturated carbocycles. The molecule has 2 N–H and O–H groups in total. The predicted molar refractivity (Wildman–Crippen MR) is 104 cm³/mol. The van der Waals surface area contributed by atoms with E-state index in [0.29, 0.717) is 13.0 Å². The third-order valence-electron chi connectivity index (χ3n) is 6.54. The van der Waals surface area contributed by atoms with Crippen LogP contribution in [0.4, 0.5) is 5.82 Å². The first kappa shape index (κ1) is 20.5. The lowest BCUT2D eigenvalue weighted by molar-refractivity contribution is -0.135. The summed E-state index contributed by atoms with van der Waals surface area (Å²) in [6.45, 7) is 12.8. The zero-order valence-corrected chi connectivity index (χ0v) is 17.3. The molecule has 1 aromatic rings. The van der Waals surface area contributed by atoms with Crippen molar-refractivity contribution < 1.29 is 9.59 Å². The number of hydrogen-bond donors (Lipinski definition) is 2. The van der Waals surface area contributed by atoms with Crippen LogP contribution in [0.15, 0.2) is 0 Å². The molecule has 1 aliphatic carbocycles. The van der Waals surface area contributed by atoms with Gasteiger partial charge in [0.1, 0.15) is 5.82 Å². The van der Waals surface area contributed by atoms with E-state index in [0.717, 1.165) is 36.3 Å². The Hall–Kier alpha value is -1.85. The predicted octanol–water partition coefficient (Wildman–Crippen LogP) is 3.06. The minimum absolute atomic E-state index is 0.0188. The fourth-order valence-electron chi connectivity index (χ4n) is 4.34. The maximum atomic E-state index is 13.3. The Balaban J connectivity index is 2.30. The van der Waals surface area contributed by atoms with E-state index in [2.05, 4.69) is 29.6 Å². The van der Waals surface area contributed by atoms with Crippen LogP contribution in [0.1, 0.15) is 65.6 Å². The Kier molecular flexibility index (Phi) is 5.83. The minimum atomic E-state index is -0.607. The van der Waals surface area contributed by atoms with Crippen molar-refractivity contribution in [1.29, 1.82) is 0 Å². The van der Waals surface area contributed by atoms with Crippen LogP contribution in [0.5, 0.6) is 0 Å². The highest BCUT2D eigenvalue weighted by Gasteiger charge is 2.58. The molecule has 0 saturated heterocycles. The summed E-state index contributed by atoms with van der Waals surface area (Å²) in [6.07, 6.45) is 3.10. The second-order valence-corrected chi connectivity index (χ2v) is 8.10. The van der Waals surface area contributed by atoms with Gasteiger partial charge >= 0.3 is 0 Å². The molecule has 6 heteroatoms. The van der Waals surface area contributed by atoms with Gasteiger partial charge in [-0.25, -0.2) is 0 Å². The number of aryl methyl sites for hydroxylation is 2. The zero-order chi connectivity index (χ0) is 19.7. The van der Waals surface area contributed by atoms with Crippen LogP contribution in [-0.2, 0) is 29.5 Å². The van der Waals surface area contributed by atoms with Gasteiger partial charge in [0.05, 0.1) is 11.1 Å². The summed E-state index contributed by atoms with van der Waals surface area (Å²) in [5, 5.41) is 10.6. The van der Waals surface area contributed by atoms with Crippen LogP contribution in [0.2, 0.25) is 0 Å². The second-order valence-electron chi connectivity index (χ2n) is 8.10. The highest BCUT2D eigenvalue weighted by molar-refractivity contribution is 5.97. The van der Waals surface area contributed by atoms with Gasteiger partial charge in [0.2, 0.25) is 11.8 Å². The summed E-state index contributed by atoms with van der Waals surface area (Å²) in [6, 6.07) is 0. The highest BCUT2D eigenvalue weighted by Crippen LogP contribution is 2.56. The van der Waals surface area contributed by atoms with E-state index in [-0.39, 0.29) is 17.7 Å². The minimum Gasteiger partial charge on any atom is -0.356 e. The lowest BCUT2D eigenvalue weighted by Gasteiger charge is -2.39. The molecule has 1 heterocycles. The first-order valence-electron chi connectivity index (χ1n) is 9.77. The molecule has 0 unspecified atom stereocenters. The maximum Gasteiger partial charge on any atom is 0.232 e. The van der Waals surface area contributed by atoms with Gasteiger partial charge in [0, 0.05) is 25.1 Å². The van der Waals surface area contributed by atoms with Crippen molar-refractivity contribution in [3.8, 4) is 0 Å². The number of rotatable bonds is 6. The fraction of sp³-hybridized carbons (Fsp3) is 0.750. The van der Waals surface area contributed by atoms with Crippen LogP contribution in [0.25, 0.3) is 0 Å². The number of nitrogens with one attached hydrogen (secondary N) is 2. The molecule has 2 amide bonds. The fourth-order valence-corrected chi connectivity index (χ4v) is 4.34. The zero-order valence-electron chi connectivity index (χ0n) is 17.3. The Bertz CT molecular complexity index is 692. The lowest BCUT2D eigenvalue weighted by Crippen LogP contribution is -2.47. The lowest BCUT2D eigenvalue weighted by atomic mass is 9.65. The quantitative estimate of drug-likeness (QED) is 0.816. The first-order valence-corrected chi connectivity index (χ1v) is 9.77. The van der Waals surface area contributed by atoms with Crippen LogP contribution in [0, 0.1) is 16.7 Å². The molecule has 0 spiro atoms. The molecule has 146 valence electrons. The average molecular weight is 363 g/mol. The van der Waals surface area contributed by atoms with E-state index in [9.17, 15) is 9.59 Å². The van der Waals surface area contributed by atoms with Crippen LogP contribution >= 0.6 is 0 Å². The number of hydrogen-bond acceptors (Lipinski definition) is 3. The van der Waals surface area contributed by atoms with E-state index < -0.39 is 10.8 Å². The largest absolute Gasteiger partial charge is 0.356 e. The number of nitrogens with zero attached hydrogens (tertiary/aromatic N) is 2. The molecule has 2 rings (SSSR count). The summed E-state index contributed by atoms with van der Waals surface area (Å²) in [5.74, 6) is 0.668.